The molecule has 0 unspecified atom stereocenters. The molecule has 0 aliphatic heterocycles. The largest absolute Gasteiger partial charge is 0.325 e. The van der Waals surface area contributed by atoms with E-state index in [0.29, 0.717) is 22.4 Å². The van der Waals surface area contributed by atoms with Crippen LogP contribution in [0.3, 0.4) is 0 Å². The number of hydrogen-bond donors (Lipinski definition) is 1. The first kappa shape index (κ1) is 20.2. The predicted molar refractivity (Wildman–Crippen MR) is 122 cm³/mol. The zero-order valence-electron chi connectivity index (χ0n) is 15.7. The number of aryl methyl sites for hydroxylation is 2. The molecule has 0 atom stereocenters. The van der Waals surface area contributed by atoms with Gasteiger partial charge in [0.1, 0.15) is 4.83 Å². The van der Waals surface area contributed by atoms with Gasteiger partial charge in [-0.15, -0.1) is 17.9 Å². The van der Waals surface area contributed by atoms with Crippen LogP contribution in [-0.2, 0) is 24.2 Å². The Morgan fingerprint density at radius 3 is 2.83 bits per heavy atom. The molecule has 1 N–H and O–H groups in total. The monoisotopic (exact) mass is 445 g/mol. The van der Waals surface area contributed by atoms with Gasteiger partial charge in [-0.05, 0) is 55.5 Å². The number of amides is 1. The van der Waals surface area contributed by atoms with Crippen molar-refractivity contribution in [3.8, 4) is 0 Å². The maximum atomic E-state index is 13.2. The van der Waals surface area contributed by atoms with Gasteiger partial charge in [-0.25, -0.2) is 4.98 Å². The lowest BCUT2D eigenvalue weighted by Gasteiger charge is -2.12. The normalized spacial score (nSPS) is 13.3. The molecule has 0 spiro atoms. The molecule has 2 heterocycles. The van der Waals surface area contributed by atoms with Crippen molar-refractivity contribution in [2.45, 2.75) is 37.4 Å². The van der Waals surface area contributed by atoms with Crippen LogP contribution < -0.4 is 10.9 Å². The molecule has 1 amide bonds. The Hall–Kier alpha value is -2.09. The second-order valence-electron chi connectivity index (χ2n) is 6.83. The summed E-state index contributed by atoms with van der Waals surface area (Å²) in [5.74, 6) is -0.00898. The van der Waals surface area contributed by atoms with Crippen molar-refractivity contribution in [3.05, 3.63) is 62.7 Å². The third kappa shape index (κ3) is 4.27. The van der Waals surface area contributed by atoms with Crippen molar-refractivity contribution in [1.29, 1.82) is 0 Å². The van der Waals surface area contributed by atoms with Gasteiger partial charge < -0.3 is 5.32 Å². The Bertz CT molecular complexity index is 1140. The van der Waals surface area contributed by atoms with E-state index in [1.54, 1.807) is 46.2 Å². The van der Waals surface area contributed by atoms with Gasteiger partial charge in [0.25, 0.3) is 5.56 Å². The summed E-state index contributed by atoms with van der Waals surface area (Å²) in [6, 6.07) is 6.94. The van der Waals surface area contributed by atoms with Crippen LogP contribution >= 0.6 is 34.7 Å². The maximum absolute atomic E-state index is 13.2. The smallest absolute Gasteiger partial charge is 0.263 e. The minimum Gasteiger partial charge on any atom is -0.325 e. The molecule has 1 aliphatic carbocycles. The van der Waals surface area contributed by atoms with Crippen LogP contribution in [0.2, 0.25) is 5.02 Å². The number of thiophene rings is 1. The van der Waals surface area contributed by atoms with E-state index < -0.39 is 0 Å². The number of anilines is 1. The fourth-order valence-electron chi connectivity index (χ4n) is 3.48. The van der Waals surface area contributed by atoms with Crippen molar-refractivity contribution in [3.63, 3.8) is 0 Å². The Morgan fingerprint density at radius 1 is 1.31 bits per heavy atom. The van der Waals surface area contributed by atoms with E-state index in [9.17, 15) is 9.59 Å². The Morgan fingerprint density at radius 2 is 2.07 bits per heavy atom. The minimum atomic E-state index is -0.165. The number of allylic oxidation sites excluding steroid dienone is 1. The van der Waals surface area contributed by atoms with Crippen LogP contribution in [-0.4, -0.2) is 21.2 Å². The average molecular weight is 446 g/mol. The van der Waals surface area contributed by atoms with Gasteiger partial charge in [-0.2, -0.15) is 0 Å². The zero-order chi connectivity index (χ0) is 20.4. The molecule has 0 saturated carbocycles. The predicted octanol–water partition coefficient (Wildman–Crippen LogP) is 4.91. The van der Waals surface area contributed by atoms with Gasteiger partial charge in [-0.1, -0.05) is 29.4 Å². The van der Waals surface area contributed by atoms with E-state index in [1.165, 1.54) is 22.2 Å². The molecule has 1 aliphatic rings. The van der Waals surface area contributed by atoms with Crippen LogP contribution in [0.25, 0.3) is 10.2 Å². The van der Waals surface area contributed by atoms with Gasteiger partial charge in [0, 0.05) is 22.1 Å². The van der Waals surface area contributed by atoms with Gasteiger partial charge >= 0.3 is 0 Å². The second kappa shape index (κ2) is 8.73. The van der Waals surface area contributed by atoms with Gasteiger partial charge in [-0.3, -0.25) is 14.2 Å². The molecule has 3 aromatic rings. The molecule has 0 radical (unpaired) electrons. The number of nitrogens with one attached hydrogen (secondary N) is 1. The fourth-order valence-corrected chi connectivity index (χ4v) is 5.72. The number of carbonyl (C=O) groups is 1. The molecule has 0 bridgehead atoms. The van der Waals surface area contributed by atoms with Crippen LogP contribution in [0.1, 0.15) is 23.3 Å². The van der Waals surface area contributed by atoms with Gasteiger partial charge in [0.2, 0.25) is 5.91 Å². The lowest BCUT2D eigenvalue weighted by atomic mass is 9.97. The number of rotatable bonds is 6. The molecular weight excluding hydrogens is 426 g/mol. The number of aromatic nitrogens is 2. The molecule has 0 saturated heterocycles. The summed E-state index contributed by atoms with van der Waals surface area (Å²) < 4.78 is 1.62. The van der Waals surface area contributed by atoms with Crippen molar-refractivity contribution in [2.24, 2.45) is 0 Å². The molecule has 150 valence electrons. The van der Waals surface area contributed by atoms with E-state index in [-0.39, 0.29) is 17.2 Å². The van der Waals surface area contributed by atoms with Crippen molar-refractivity contribution >= 4 is 56.5 Å². The van der Waals surface area contributed by atoms with Crippen LogP contribution in [0, 0.1) is 0 Å². The lowest BCUT2D eigenvalue weighted by Crippen LogP contribution is -2.24. The highest BCUT2D eigenvalue weighted by Gasteiger charge is 2.22. The van der Waals surface area contributed by atoms with E-state index in [4.69, 9.17) is 16.6 Å². The molecule has 8 heteroatoms. The summed E-state index contributed by atoms with van der Waals surface area (Å²) in [7, 11) is 0. The summed E-state index contributed by atoms with van der Waals surface area (Å²) in [5.41, 5.74) is 1.82. The number of thioether (sulfide) groups is 1. The zero-order valence-corrected chi connectivity index (χ0v) is 18.1. The average Bonchev–Trinajstić information content (AvgIpc) is 3.09. The van der Waals surface area contributed by atoms with Crippen molar-refractivity contribution in [1.82, 2.24) is 9.55 Å². The fraction of sp³-hybridized carbons (Fsp3) is 0.286. The SMILES string of the molecule is C=CCn1c(SCC(=O)Nc2ccc(Cl)cc2)nc2sc3c(c2c1=O)CCCC3. The number of carbonyl (C=O) groups excluding carboxylic acids is 1. The molecule has 2 aromatic heterocycles. The van der Waals surface area contributed by atoms with Crippen LogP contribution in [0.15, 0.2) is 46.9 Å². The van der Waals surface area contributed by atoms with E-state index >= 15 is 0 Å². The van der Waals surface area contributed by atoms with Gasteiger partial charge in [0.05, 0.1) is 11.1 Å². The molecule has 0 fully saturated rings. The Labute approximate surface area is 181 Å². The number of nitrogens with zero attached hydrogens (tertiary/aromatic N) is 2. The quantitative estimate of drug-likeness (QED) is 0.332. The molecular formula is C21H20ClN3O2S2. The molecule has 5 nitrogen and oxygen atoms in total. The summed E-state index contributed by atoms with van der Waals surface area (Å²) in [4.78, 5) is 32.4. The van der Waals surface area contributed by atoms with E-state index in [1.807, 2.05) is 0 Å². The second-order valence-corrected chi connectivity index (χ2v) is 9.30. The van der Waals surface area contributed by atoms with E-state index in [0.717, 1.165) is 35.9 Å². The summed E-state index contributed by atoms with van der Waals surface area (Å²) in [5, 5.41) is 4.74. The summed E-state index contributed by atoms with van der Waals surface area (Å²) in [6.07, 6.45) is 5.92. The highest BCUT2D eigenvalue weighted by molar-refractivity contribution is 7.99. The van der Waals surface area contributed by atoms with Crippen molar-refractivity contribution in [2.75, 3.05) is 11.1 Å². The summed E-state index contributed by atoms with van der Waals surface area (Å²) in [6.45, 7) is 4.14. The van der Waals surface area contributed by atoms with E-state index in [2.05, 4.69) is 11.9 Å². The number of benzene rings is 1. The highest BCUT2D eigenvalue weighted by Crippen LogP contribution is 2.34. The standard InChI is InChI=1S/C21H20ClN3O2S2/c1-2-11-25-20(27)18-15-5-3-4-6-16(15)29-19(18)24-21(25)28-12-17(26)23-14-9-7-13(22)8-10-14/h2,7-10H,1,3-6,11-12H2,(H,23,26). The van der Waals surface area contributed by atoms with Crippen LogP contribution in [0.4, 0.5) is 5.69 Å². The molecule has 4 rings (SSSR count). The Kier molecular flexibility index (Phi) is 6.08. The molecule has 29 heavy (non-hydrogen) atoms. The first-order valence-electron chi connectivity index (χ1n) is 9.41. The van der Waals surface area contributed by atoms with Gasteiger partial charge in [0.15, 0.2) is 5.16 Å². The topological polar surface area (TPSA) is 64.0 Å². The maximum Gasteiger partial charge on any atom is 0.263 e. The summed E-state index contributed by atoms with van der Waals surface area (Å²) >= 11 is 8.75. The lowest BCUT2D eigenvalue weighted by molar-refractivity contribution is -0.113. The third-order valence-electron chi connectivity index (χ3n) is 4.81. The number of halogens is 1. The third-order valence-corrected chi connectivity index (χ3v) is 7.23. The first-order chi connectivity index (χ1) is 14.1. The molecule has 1 aromatic carbocycles. The highest BCUT2D eigenvalue weighted by atomic mass is 35.5. The van der Waals surface area contributed by atoms with Crippen molar-refractivity contribution < 1.29 is 4.79 Å². The van der Waals surface area contributed by atoms with Crippen LogP contribution in [0.5, 0.6) is 0 Å². The number of hydrogen-bond acceptors (Lipinski definition) is 5. The number of fused-ring (bicyclic) bond motifs is 3. The first-order valence-corrected chi connectivity index (χ1v) is 11.6. The Balaban J connectivity index is 1.59. The minimum absolute atomic E-state index is 0.0325.